The van der Waals surface area contributed by atoms with Gasteiger partial charge in [-0.15, -0.1) is 11.3 Å². The fraction of sp³-hybridized carbons (Fsp3) is 0.375. The molecule has 0 fully saturated rings. The van der Waals surface area contributed by atoms with E-state index in [0.717, 1.165) is 11.3 Å². The largest absolute Gasteiger partial charge is 0.322 e. The van der Waals surface area contributed by atoms with Crippen molar-refractivity contribution in [3.8, 4) is 11.3 Å². The Morgan fingerprint density at radius 1 is 1.33 bits per heavy atom. The van der Waals surface area contributed by atoms with Gasteiger partial charge in [0.1, 0.15) is 0 Å². The molecule has 2 rings (SSSR count). The standard InChI is InChI=1S/C16H21N3OS/c1-9(2)15-14(12-6-5-10(3)11(4)7-12)19-16(21-15)18-13(20)8-17/h5-7,9H,8,17H2,1-4H3,(H,18,19,20). The molecule has 0 bridgehead atoms. The lowest BCUT2D eigenvalue weighted by atomic mass is 10.0. The number of anilines is 1. The number of aromatic nitrogens is 1. The van der Waals surface area contributed by atoms with Crippen LogP contribution in [0.2, 0.25) is 0 Å². The zero-order valence-electron chi connectivity index (χ0n) is 12.9. The average molecular weight is 303 g/mol. The second kappa shape index (κ2) is 6.37. The van der Waals surface area contributed by atoms with Crippen LogP contribution >= 0.6 is 11.3 Å². The maximum atomic E-state index is 11.4. The van der Waals surface area contributed by atoms with Crippen LogP contribution in [0.15, 0.2) is 18.2 Å². The third-order valence-corrected chi connectivity index (χ3v) is 4.66. The second-order valence-corrected chi connectivity index (χ2v) is 6.47. The summed E-state index contributed by atoms with van der Waals surface area (Å²) in [4.78, 5) is 17.2. The lowest BCUT2D eigenvalue weighted by Crippen LogP contribution is -2.21. The van der Waals surface area contributed by atoms with E-state index in [1.165, 1.54) is 27.3 Å². The van der Waals surface area contributed by atoms with Gasteiger partial charge < -0.3 is 11.1 Å². The van der Waals surface area contributed by atoms with Gasteiger partial charge in [-0.3, -0.25) is 4.79 Å². The van der Waals surface area contributed by atoms with E-state index >= 15 is 0 Å². The number of carbonyl (C=O) groups excluding carboxylic acids is 1. The first kappa shape index (κ1) is 15.7. The SMILES string of the molecule is Cc1ccc(-c2nc(NC(=O)CN)sc2C(C)C)cc1C. The quantitative estimate of drug-likeness (QED) is 0.909. The lowest BCUT2D eigenvalue weighted by Gasteiger charge is -2.07. The minimum atomic E-state index is -0.217. The van der Waals surface area contributed by atoms with Crippen molar-refractivity contribution in [1.82, 2.24) is 4.98 Å². The number of aryl methyl sites for hydroxylation is 2. The predicted octanol–water partition coefficient (Wildman–Crippen LogP) is 3.45. The number of nitrogens with one attached hydrogen (secondary N) is 1. The summed E-state index contributed by atoms with van der Waals surface area (Å²) < 4.78 is 0. The number of benzene rings is 1. The van der Waals surface area contributed by atoms with Crippen molar-refractivity contribution in [3.05, 3.63) is 34.2 Å². The van der Waals surface area contributed by atoms with Gasteiger partial charge in [0.05, 0.1) is 12.2 Å². The van der Waals surface area contributed by atoms with Crippen LogP contribution < -0.4 is 11.1 Å². The summed E-state index contributed by atoms with van der Waals surface area (Å²) in [5.41, 5.74) is 9.88. The number of nitrogens with two attached hydrogens (primary N) is 1. The monoisotopic (exact) mass is 303 g/mol. The highest BCUT2D eigenvalue weighted by Crippen LogP contribution is 2.36. The normalized spacial score (nSPS) is 11.0. The van der Waals surface area contributed by atoms with Crippen LogP contribution in [-0.4, -0.2) is 17.4 Å². The van der Waals surface area contributed by atoms with Crippen molar-refractivity contribution in [2.45, 2.75) is 33.6 Å². The Balaban J connectivity index is 2.45. The summed E-state index contributed by atoms with van der Waals surface area (Å²) in [7, 11) is 0. The molecule has 2 aromatic rings. The van der Waals surface area contributed by atoms with Crippen LogP contribution in [0, 0.1) is 13.8 Å². The first-order valence-corrected chi connectivity index (χ1v) is 7.82. The molecule has 0 unspecified atom stereocenters. The summed E-state index contributed by atoms with van der Waals surface area (Å²) >= 11 is 1.52. The van der Waals surface area contributed by atoms with E-state index in [-0.39, 0.29) is 12.5 Å². The molecule has 21 heavy (non-hydrogen) atoms. The summed E-state index contributed by atoms with van der Waals surface area (Å²) in [5.74, 6) is 0.133. The van der Waals surface area contributed by atoms with E-state index < -0.39 is 0 Å². The highest BCUT2D eigenvalue weighted by Gasteiger charge is 2.17. The average Bonchev–Trinajstić information content (AvgIpc) is 2.85. The predicted molar refractivity (Wildman–Crippen MR) is 88.8 cm³/mol. The van der Waals surface area contributed by atoms with Crippen LogP contribution in [0.5, 0.6) is 0 Å². The number of rotatable bonds is 4. The van der Waals surface area contributed by atoms with Gasteiger partial charge in [-0.05, 0) is 37.0 Å². The Labute approximate surface area is 129 Å². The topological polar surface area (TPSA) is 68.0 Å². The van der Waals surface area contributed by atoms with Crippen molar-refractivity contribution in [1.29, 1.82) is 0 Å². The minimum Gasteiger partial charge on any atom is -0.322 e. The van der Waals surface area contributed by atoms with Crippen LogP contribution in [0.1, 0.15) is 35.8 Å². The number of hydrogen-bond acceptors (Lipinski definition) is 4. The Morgan fingerprint density at radius 2 is 2.05 bits per heavy atom. The van der Waals surface area contributed by atoms with E-state index in [1.807, 2.05) is 0 Å². The molecule has 0 spiro atoms. The van der Waals surface area contributed by atoms with Crippen LogP contribution in [0.25, 0.3) is 11.3 Å². The Hall–Kier alpha value is -1.72. The van der Waals surface area contributed by atoms with Gasteiger partial charge >= 0.3 is 0 Å². The molecule has 1 aromatic heterocycles. The fourth-order valence-corrected chi connectivity index (χ4v) is 3.05. The minimum absolute atomic E-state index is 0.0322. The maximum absolute atomic E-state index is 11.4. The molecule has 1 amide bonds. The van der Waals surface area contributed by atoms with Gasteiger partial charge in [0.25, 0.3) is 0 Å². The van der Waals surface area contributed by atoms with Gasteiger partial charge in [0.2, 0.25) is 5.91 Å². The van der Waals surface area contributed by atoms with Crippen molar-refractivity contribution in [3.63, 3.8) is 0 Å². The lowest BCUT2D eigenvalue weighted by molar-refractivity contribution is -0.114. The zero-order chi connectivity index (χ0) is 15.6. The molecule has 0 aliphatic carbocycles. The molecule has 0 aliphatic heterocycles. The molecule has 1 aromatic carbocycles. The van der Waals surface area contributed by atoms with Crippen LogP contribution in [0.4, 0.5) is 5.13 Å². The first-order valence-electron chi connectivity index (χ1n) is 7.00. The molecule has 0 radical (unpaired) electrons. The first-order chi connectivity index (χ1) is 9.92. The molecular weight excluding hydrogens is 282 g/mol. The number of nitrogens with zero attached hydrogens (tertiary/aromatic N) is 1. The molecule has 0 atom stereocenters. The molecule has 4 nitrogen and oxygen atoms in total. The molecule has 0 saturated carbocycles. The molecule has 0 saturated heterocycles. The summed E-state index contributed by atoms with van der Waals surface area (Å²) in [5, 5.41) is 3.36. The molecular formula is C16H21N3OS. The molecule has 5 heteroatoms. The molecule has 1 heterocycles. The van der Waals surface area contributed by atoms with E-state index in [0.29, 0.717) is 11.0 Å². The molecule has 112 valence electrons. The Bertz CT molecular complexity index is 662. The highest BCUT2D eigenvalue weighted by atomic mass is 32.1. The van der Waals surface area contributed by atoms with E-state index in [1.54, 1.807) is 0 Å². The van der Waals surface area contributed by atoms with E-state index in [9.17, 15) is 4.79 Å². The smallest absolute Gasteiger partial charge is 0.239 e. The van der Waals surface area contributed by atoms with Gasteiger partial charge in [-0.2, -0.15) is 0 Å². The van der Waals surface area contributed by atoms with Gasteiger partial charge in [-0.25, -0.2) is 4.98 Å². The second-order valence-electron chi connectivity index (χ2n) is 5.44. The Morgan fingerprint density at radius 3 is 2.62 bits per heavy atom. The van der Waals surface area contributed by atoms with Crippen molar-refractivity contribution in [2.24, 2.45) is 5.73 Å². The zero-order valence-corrected chi connectivity index (χ0v) is 13.7. The molecule has 0 aliphatic rings. The van der Waals surface area contributed by atoms with Crippen LogP contribution in [-0.2, 0) is 4.79 Å². The van der Waals surface area contributed by atoms with Crippen molar-refractivity contribution in [2.75, 3.05) is 11.9 Å². The third-order valence-electron chi connectivity index (χ3n) is 3.39. The number of thiazole rings is 1. The summed E-state index contributed by atoms with van der Waals surface area (Å²) in [6.07, 6.45) is 0. The third kappa shape index (κ3) is 3.49. The van der Waals surface area contributed by atoms with Crippen molar-refractivity contribution < 1.29 is 4.79 Å². The van der Waals surface area contributed by atoms with E-state index in [2.05, 4.69) is 56.2 Å². The highest BCUT2D eigenvalue weighted by molar-refractivity contribution is 7.16. The van der Waals surface area contributed by atoms with Gasteiger partial charge in [-0.1, -0.05) is 26.0 Å². The number of amides is 1. The number of carbonyl (C=O) groups is 1. The maximum Gasteiger partial charge on any atom is 0.239 e. The van der Waals surface area contributed by atoms with Gasteiger partial charge in [0, 0.05) is 10.4 Å². The van der Waals surface area contributed by atoms with E-state index in [4.69, 9.17) is 5.73 Å². The van der Waals surface area contributed by atoms with Crippen LogP contribution in [0.3, 0.4) is 0 Å². The van der Waals surface area contributed by atoms with Crippen molar-refractivity contribution >= 4 is 22.4 Å². The van der Waals surface area contributed by atoms with Gasteiger partial charge in [0.15, 0.2) is 5.13 Å². The number of hydrogen-bond donors (Lipinski definition) is 2. The molecule has 3 N–H and O–H groups in total. The Kier molecular flexibility index (Phi) is 4.75. The summed E-state index contributed by atoms with van der Waals surface area (Å²) in [6.45, 7) is 8.42. The summed E-state index contributed by atoms with van der Waals surface area (Å²) in [6, 6.07) is 6.33. The fourth-order valence-electron chi connectivity index (χ4n) is 2.04.